The Morgan fingerprint density at radius 1 is 1.14 bits per heavy atom. The van der Waals surface area contributed by atoms with E-state index in [-0.39, 0.29) is 24.0 Å². The lowest BCUT2D eigenvalue weighted by atomic mass is 9.90. The van der Waals surface area contributed by atoms with Crippen LogP contribution in [0.4, 0.5) is 0 Å². The van der Waals surface area contributed by atoms with Crippen LogP contribution in [0.2, 0.25) is 0 Å². The van der Waals surface area contributed by atoms with Crippen LogP contribution in [0.25, 0.3) is 11.6 Å². The number of carbonyl (C=O) groups excluding carboxylic acids is 2. The lowest BCUT2D eigenvalue weighted by Gasteiger charge is -2.32. The van der Waals surface area contributed by atoms with Crippen LogP contribution in [-0.4, -0.2) is 39.8 Å². The molecular formula is C21H21N3O4. The number of hydrogen-bond acceptors (Lipinski definition) is 6. The second-order valence-electron chi connectivity index (χ2n) is 6.90. The molecular weight excluding hydrogens is 358 g/mol. The molecule has 0 spiro atoms. The summed E-state index contributed by atoms with van der Waals surface area (Å²) >= 11 is 0. The number of ketones is 1. The molecule has 3 aromatic rings. The minimum absolute atomic E-state index is 0.00307. The highest BCUT2D eigenvalue weighted by Gasteiger charge is 2.29. The maximum absolute atomic E-state index is 12.7. The van der Waals surface area contributed by atoms with Crippen LogP contribution < -0.4 is 0 Å². The number of piperidine rings is 1. The monoisotopic (exact) mass is 379 g/mol. The molecule has 28 heavy (non-hydrogen) atoms. The fourth-order valence-corrected chi connectivity index (χ4v) is 3.49. The van der Waals surface area contributed by atoms with Crippen molar-refractivity contribution >= 4 is 11.7 Å². The Labute approximate surface area is 162 Å². The van der Waals surface area contributed by atoms with Crippen LogP contribution in [0.3, 0.4) is 0 Å². The van der Waals surface area contributed by atoms with E-state index in [2.05, 4.69) is 10.1 Å². The molecule has 0 bridgehead atoms. The summed E-state index contributed by atoms with van der Waals surface area (Å²) < 4.78 is 10.4. The quantitative estimate of drug-likeness (QED) is 0.610. The number of aryl methyl sites for hydroxylation is 1. The van der Waals surface area contributed by atoms with E-state index in [1.807, 2.05) is 30.3 Å². The maximum atomic E-state index is 12.7. The largest absolute Gasteiger partial charge is 0.461 e. The first-order valence-electron chi connectivity index (χ1n) is 9.44. The highest BCUT2D eigenvalue weighted by molar-refractivity contribution is 5.98. The van der Waals surface area contributed by atoms with Gasteiger partial charge in [-0.05, 0) is 25.0 Å². The highest BCUT2D eigenvalue weighted by atomic mass is 16.5. The van der Waals surface area contributed by atoms with Crippen molar-refractivity contribution < 1.29 is 18.5 Å². The van der Waals surface area contributed by atoms with Crippen LogP contribution >= 0.6 is 0 Å². The van der Waals surface area contributed by atoms with E-state index in [9.17, 15) is 9.59 Å². The predicted molar refractivity (Wildman–Crippen MR) is 100 cm³/mol. The topological polar surface area (TPSA) is 89.4 Å². The molecule has 144 valence electrons. The summed E-state index contributed by atoms with van der Waals surface area (Å²) in [4.78, 5) is 31.3. The average molecular weight is 379 g/mol. The second-order valence-corrected chi connectivity index (χ2v) is 6.90. The summed E-state index contributed by atoms with van der Waals surface area (Å²) in [5.41, 5.74) is 0.707. The number of aromatic nitrogens is 2. The van der Waals surface area contributed by atoms with Crippen molar-refractivity contribution in [1.82, 2.24) is 15.0 Å². The maximum Gasteiger partial charge on any atom is 0.238 e. The van der Waals surface area contributed by atoms with Gasteiger partial charge in [0.05, 0.1) is 6.26 Å². The third-order valence-electron chi connectivity index (χ3n) is 4.97. The van der Waals surface area contributed by atoms with Crippen LogP contribution in [0.15, 0.2) is 57.7 Å². The number of hydrogen-bond donors (Lipinski definition) is 0. The lowest BCUT2D eigenvalue weighted by molar-refractivity contribution is -0.132. The number of carbonyl (C=O) groups is 2. The SMILES string of the molecule is O=C(c1ccccc1)[C@@H]1CCCN(C(=O)CCc2nc(-c3ccco3)no2)C1. The molecule has 1 fully saturated rings. The van der Waals surface area contributed by atoms with E-state index in [4.69, 9.17) is 8.94 Å². The van der Waals surface area contributed by atoms with Crippen molar-refractivity contribution in [2.24, 2.45) is 5.92 Å². The Morgan fingerprint density at radius 2 is 2.00 bits per heavy atom. The van der Waals surface area contributed by atoms with Crippen LogP contribution in [-0.2, 0) is 11.2 Å². The number of likely N-dealkylation sites (tertiary alicyclic amines) is 1. The van der Waals surface area contributed by atoms with E-state index >= 15 is 0 Å². The van der Waals surface area contributed by atoms with Crippen molar-refractivity contribution in [3.05, 3.63) is 60.2 Å². The molecule has 1 amide bonds. The Morgan fingerprint density at radius 3 is 2.79 bits per heavy atom. The van der Waals surface area contributed by atoms with E-state index in [1.54, 1.807) is 23.3 Å². The van der Waals surface area contributed by atoms with Gasteiger partial charge in [-0.1, -0.05) is 35.5 Å². The minimum atomic E-state index is -0.144. The Kier molecular flexibility index (Phi) is 5.32. The molecule has 0 unspecified atom stereocenters. The van der Waals surface area contributed by atoms with Crippen LogP contribution in [0.5, 0.6) is 0 Å². The summed E-state index contributed by atoms with van der Waals surface area (Å²) in [6.07, 6.45) is 3.82. The molecule has 0 saturated carbocycles. The first-order chi connectivity index (χ1) is 13.7. The number of rotatable bonds is 6. The summed E-state index contributed by atoms with van der Waals surface area (Å²) in [5.74, 6) is 1.27. The zero-order valence-electron chi connectivity index (χ0n) is 15.4. The van der Waals surface area contributed by atoms with Gasteiger partial charge in [-0.2, -0.15) is 4.98 Å². The smallest absolute Gasteiger partial charge is 0.238 e. The van der Waals surface area contributed by atoms with Gasteiger partial charge in [0.2, 0.25) is 17.6 Å². The van der Waals surface area contributed by atoms with E-state index < -0.39 is 0 Å². The molecule has 3 heterocycles. The molecule has 0 N–H and O–H groups in total. The van der Waals surface area contributed by atoms with Gasteiger partial charge in [-0.25, -0.2) is 0 Å². The Balaban J connectivity index is 1.33. The van der Waals surface area contributed by atoms with Crippen molar-refractivity contribution in [2.45, 2.75) is 25.7 Å². The van der Waals surface area contributed by atoms with Crippen molar-refractivity contribution in [2.75, 3.05) is 13.1 Å². The molecule has 1 saturated heterocycles. The van der Waals surface area contributed by atoms with Gasteiger partial charge >= 0.3 is 0 Å². The summed E-state index contributed by atoms with van der Waals surface area (Å²) in [6, 6.07) is 12.8. The van der Waals surface area contributed by atoms with E-state index in [0.717, 1.165) is 12.8 Å². The Bertz CT molecular complexity index is 934. The zero-order valence-corrected chi connectivity index (χ0v) is 15.4. The molecule has 1 atom stereocenters. The molecule has 0 radical (unpaired) electrons. The van der Waals surface area contributed by atoms with Gasteiger partial charge in [0.1, 0.15) is 0 Å². The third-order valence-corrected chi connectivity index (χ3v) is 4.97. The van der Waals surface area contributed by atoms with Gasteiger partial charge in [-0.3, -0.25) is 9.59 Å². The number of nitrogens with zero attached hydrogens (tertiary/aromatic N) is 3. The minimum Gasteiger partial charge on any atom is -0.461 e. The van der Waals surface area contributed by atoms with Gasteiger partial charge in [0.15, 0.2) is 11.5 Å². The number of Topliss-reactive ketones (excluding diaryl/α,β-unsaturated/α-hetero) is 1. The molecule has 1 aliphatic rings. The molecule has 7 heteroatoms. The molecule has 2 aromatic heterocycles. The van der Waals surface area contributed by atoms with Crippen molar-refractivity contribution in [1.29, 1.82) is 0 Å². The summed E-state index contributed by atoms with van der Waals surface area (Å²) in [7, 11) is 0. The fourth-order valence-electron chi connectivity index (χ4n) is 3.49. The van der Waals surface area contributed by atoms with Gasteiger partial charge < -0.3 is 13.8 Å². The normalized spacial score (nSPS) is 16.9. The molecule has 1 aliphatic heterocycles. The average Bonchev–Trinajstić information content (AvgIpc) is 3.44. The first-order valence-corrected chi connectivity index (χ1v) is 9.44. The van der Waals surface area contributed by atoms with Gasteiger partial charge in [0, 0.05) is 37.4 Å². The number of furan rings is 1. The first kappa shape index (κ1) is 18.2. The fraction of sp³-hybridized carbons (Fsp3) is 0.333. The number of amides is 1. The van der Waals surface area contributed by atoms with Gasteiger partial charge in [-0.15, -0.1) is 0 Å². The predicted octanol–water partition coefficient (Wildman–Crippen LogP) is 3.38. The third kappa shape index (κ3) is 4.03. The van der Waals surface area contributed by atoms with Crippen molar-refractivity contribution in [3.63, 3.8) is 0 Å². The lowest BCUT2D eigenvalue weighted by Crippen LogP contribution is -2.42. The Hall–Kier alpha value is -3.22. The highest BCUT2D eigenvalue weighted by Crippen LogP contribution is 2.22. The van der Waals surface area contributed by atoms with Crippen LogP contribution in [0.1, 0.15) is 35.5 Å². The van der Waals surface area contributed by atoms with E-state index in [0.29, 0.717) is 42.5 Å². The number of benzene rings is 1. The second kappa shape index (κ2) is 8.21. The zero-order chi connectivity index (χ0) is 19.3. The van der Waals surface area contributed by atoms with Crippen LogP contribution in [0, 0.1) is 5.92 Å². The van der Waals surface area contributed by atoms with E-state index in [1.165, 1.54) is 0 Å². The molecule has 4 rings (SSSR count). The molecule has 0 aliphatic carbocycles. The van der Waals surface area contributed by atoms with Crippen molar-refractivity contribution in [3.8, 4) is 11.6 Å². The standard InChI is InChI=1S/C21H21N3O4/c25-19(11-10-18-22-21(23-28-18)17-9-5-13-27-17)24-12-4-8-16(14-24)20(26)15-6-2-1-3-7-15/h1-3,5-7,9,13,16H,4,8,10-12,14H2/t16-/m1/s1. The molecule has 1 aromatic carbocycles. The summed E-state index contributed by atoms with van der Waals surface area (Å²) in [5, 5.41) is 3.87. The molecule has 7 nitrogen and oxygen atoms in total. The van der Waals surface area contributed by atoms with Gasteiger partial charge in [0.25, 0.3) is 0 Å². The summed E-state index contributed by atoms with van der Waals surface area (Å²) in [6.45, 7) is 1.15.